The number of furan rings is 1. The van der Waals surface area contributed by atoms with Crippen molar-refractivity contribution in [2.24, 2.45) is 0 Å². The van der Waals surface area contributed by atoms with E-state index in [2.05, 4.69) is 5.32 Å². The normalized spacial score (nSPS) is 10.7. The average molecular weight is 309 g/mol. The molecule has 1 aromatic heterocycles. The lowest BCUT2D eigenvalue weighted by Crippen LogP contribution is -2.25. The number of methoxy groups -OCH3 is 1. The third kappa shape index (κ3) is 3.37. The Morgan fingerprint density at radius 2 is 1.96 bits per heavy atom. The summed E-state index contributed by atoms with van der Waals surface area (Å²) >= 11 is 0. The number of nitrogens with one attached hydrogen (secondary N) is 1. The van der Waals surface area contributed by atoms with E-state index < -0.39 is 0 Å². The third-order valence-electron chi connectivity index (χ3n) is 3.82. The number of ether oxygens (including phenoxy) is 1. The van der Waals surface area contributed by atoms with Crippen LogP contribution in [0.1, 0.15) is 21.7 Å². The van der Waals surface area contributed by atoms with E-state index in [9.17, 15) is 4.79 Å². The summed E-state index contributed by atoms with van der Waals surface area (Å²) in [5, 5.41) is 3.84. The molecular weight excluding hydrogens is 290 g/mol. The van der Waals surface area contributed by atoms with Crippen LogP contribution in [0.2, 0.25) is 0 Å². The van der Waals surface area contributed by atoms with E-state index in [1.165, 1.54) is 0 Å². The van der Waals surface area contributed by atoms with E-state index in [0.717, 1.165) is 34.3 Å². The Morgan fingerprint density at radius 1 is 1.17 bits per heavy atom. The van der Waals surface area contributed by atoms with Gasteiger partial charge in [0, 0.05) is 11.9 Å². The molecule has 3 rings (SSSR count). The molecule has 0 bridgehead atoms. The van der Waals surface area contributed by atoms with Gasteiger partial charge >= 0.3 is 0 Å². The monoisotopic (exact) mass is 309 g/mol. The first-order chi connectivity index (χ1) is 11.2. The second kappa shape index (κ2) is 6.57. The van der Waals surface area contributed by atoms with Crippen molar-refractivity contribution < 1.29 is 13.9 Å². The molecule has 23 heavy (non-hydrogen) atoms. The zero-order chi connectivity index (χ0) is 16.2. The van der Waals surface area contributed by atoms with Gasteiger partial charge in [0.1, 0.15) is 11.3 Å². The molecule has 0 saturated heterocycles. The molecule has 0 atom stereocenters. The van der Waals surface area contributed by atoms with Gasteiger partial charge in [-0.25, -0.2) is 0 Å². The summed E-state index contributed by atoms with van der Waals surface area (Å²) in [6.07, 6.45) is 0.759. The molecule has 0 aliphatic rings. The maximum absolute atomic E-state index is 12.2. The van der Waals surface area contributed by atoms with Crippen molar-refractivity contribution in [2.75, 3.05) is 13.7 Å². The molecule has 0 spiro atoms. The fourth-order valence-corrected chi connectivity index (χ4v) is 2.52. The van der Waals surface area contributed by atoms with Crippen LogP contribution in [0.4, 0.5) is 0 Å². The van der Waals surface area contributed by atoms with E-state index in [-0.39, 0.29) is 5.91 Å². The topological polar surface area (TPSA) is 51.5 Å². The van der Waals surface area contributed by atoms with Crippen LogP contribution in [0.5, 0.6) is 5.75 Å². The number of rotatable bonds is 5. The van der Waals surface area contributed by atoms with Crippen LogP contribution in [0.15, 0.2) is 52.9 Å². The minimum absolute atomic E-state index is 0.186. The van der Waals surface area contributed by atoms with Crippen molar-refractivity contribution in [3.63, 3.8) is 0 Å². The molecular formula is C19H19NO3. The quantitative estimate of drug-likeness (QED) is 0.781. The van der Waals surface area contributed by atoms with E-state index in [0.29, 0.717) is 12.3 Å². The second-order valence-electron chi connectivity index (χ2n) is 5.46. The molecule has 3 aromatic rings. The van der Waals surface area contributed by atoms with Crippen LogP contribution < -0.4 is 10.1 Å². The smallest absolute Gasteiger partial charge is 0.287 e. The van der Waals surface area contributed by atoms with Crippen molar-refractivity contribution in [3.8, 4) is 5.75 Å². The lowest BCUT2D eigenvalue weighted by molar-refractivity contribution is 0.0928. The highest BCUT2D eigenvalue weighted by atomic mass is 16.5. The standard InChI is InChI=1S/C19H19NO3/c1-13-4-3-5-15-12-17(23-18(13)15)19(21)20-11-10-14-6-8-16(22-2)9-7-14/h3-9,12H,10-11H2,1-2H3,(H,20,21). The maximum atomic E-state index is 12.2. The highest BCUT2D eigenvalue weighted by molar-refractivity contribution is 5.96. The predicted octanol–water partition coefficient (Wildman–Crippen LogP) is 3.72. The Balaban J connectivity index is 1.60. The highest BCUT2D eigenvalue weighted by Crippen LogP contribution is 2.22. The molecule has 0 aliphatic heterocycles. The summed E-state index contributed by atoms with van der Waals surface area (Å²) in [7, 11) is 1.64. The van der Waals surface area contributed by atoms with Gasteiger partial charge in [0.2, 0.25) is 0 Å². The number of carbonyl (C=O) groups excluding carboxylic acids is 1. The SMILES string of the molecule is COc1ccc(CCNC(=O)c2cc3cccc(C)c3o2)cc1. The zero-order valence-electron chi connectivity index (χ0n) is 13.3. The Kier molecular flexibility index (Phi) is 4.33. The van der Waals surface area contributed by atoms with Gasteiger partial charge < -0.3 is 14.5 Å². The third-order valence-corrected chi connectivity index (χ3v) is 3.82. The minimum Gasteiger partial charge on any atom is -0.497 e. The van der Waals surface area contributed by atoms with Gasteiger partial charge in [0.25, 0.3) is 5.91 Å². The van der Waals surface area contributed by atoms with Crippen molar-refractivity contribution in [1.82, 2.24) is 5.32 Å². The van der Waals surface area contributed by atoms with E-state index in [4.69, 9.17) is 9.15 Å². The zero-order valence-corrected chi connectivity index (χ0v) is 13.3. The molecule has 0 saturated carbocycles. The van der Waals surface area contributed by atoms with E-state index in [1.54, 1.807) is 13.2 Å². The molecule has 0 fully saturated rings. The first kappa shape index (κ1) is 15.2. The van der Waals surface area contributed by atoms with Gasteiger partial charge in [0.15, 0.2) is 5.76 Å². The summed E-state index contributed by atoms with van der Waals surface area (Å²) in [6, 6.07) is 15.5. The van der Waals surface area contributed by atoms with Crippen LogP contribution in [-0.2, 0) is 6.42 Å². The van der Waals surface area contributed by atoms with Crippen LogP contribution in [-0.4, -0.2) is 19.6 Å². The summed E-state index contributed by atoms with van der Waals surface area (Å²) in [4.78, 5) is 12.2. The summed E-state index contributed by atoms with van der Waals surface area (Å²) in [5.41, 5.74) is 2.94. The number of amides is 1. The van der Waals surface area contributed by atoms with Crippen LogP contribution in [0.3, 0.4) is 0 Å². The van der Waals surface area contributed by atoms with Crippen molar-refractivity contribution in [2.45, 2.75) is 13.3 Å². The molecule has 1 amide bonds. The average Bonchev–Trinajstić information content (AvgIpc) is 3.01. The number of para-hydroxylation sites is 1. The Bertz CT molecular complexity index is 818. The summed E-state index contributed by atoms with van der Waals surface area (Å²) in [6.45, 7) is 2.53. The van der Waals surface area contributed by atoms with Crippen molar-refractivity contribution in [3.05, 3.63) is 65.4 Å². The van der Waals surface area contributed by atoms with Gasteiger partial charge in [0.05, 0.1) is 7.11 Å². The Morgan fingerprint density at radius 3 is 2.65 bits per heavy atom. The molecule has 4 nitrogen and oxygen atoms in total. The molecule has 0 radical (unpaired) electrons. The number of hydrogen-bond donors (Lipinski definition) is 1. The number of benzene rings is 2. The van der Waals surface area contributed by atoms with Gasteiger partial charge in [-0.05, 0) is 42.7 Å². The highest BCUT2D eigenvalue weighted by Gasteiger charge is 2.12. The number of fused-ring (bicyclic) bond motifs is 1. The minimum atomic E-state index is -0.186. The Labute approximate surface area is 135 Å². The predicted molar refractivity (Wildman–Crippen MR) is 90.0 cm³/mol. The summed E-state index contributed by atoms with van der Waals surface area (Å²) < 4.78 is 10.8. The van der Waals surface area contributed by atoms with Gasteiger partial charge in [-0.2, -0.15) is 0 Å². The number of hydrogen-bond acceptors (Lipinski definition) is 3. The number of aryl methyl sites for hydroxylation is 1. The van der Waals surface area contributed by atoms with Crippen molar-refractivity contribution in [1.29, 1.82) is 0 Å². The first-order valence-electron chi connectivity index (χ1n) is 7.57. The van der Waals surface area contributed by atoms with Gasteiger partial charge in [-0.15, -0.1) is 0 Å². The molecule has 1 heterocycles. The lowest BCUT2D eigenvalue weighted by atomic mass is 10.1. The van der Waals surface area contributed by atoms with Crippen LogP contribution in [0, 0.1) is 6.92 Å². The van der Waals surface area contributed by atoms with Gasteiger partial charge in [-0.3, -0.25) is 4.79 Å². The largest absolute Gasteiger partial charge is 0.497 e. The fourth-order valence-electron chi connectivity index (χ4n) is 2.52. The second-order valence-corrected chi connectivity index (χ2v) is 5.46. The van der Waals surface area contributed by atoms with Crippen LogP contribution >= 0.6 is 0 Å². The van der Waals surface area contributed by atoms with E-state index >= 15 is 0 Å². The molecule has 118 valence electrons. The van der Waals surface area contributed by atoms with Gasteiger partial charge in [-0.1, -0.05) is 30.3 Å². The maximum Gasteiger partial charge on any atom is 0.287 e. The molecule has 0 unspecified atom stereocenters. The molecule has 4 heteroatoms. The number of carbonyl (C=O) groups is 1. The Hall–Kier alpha value is -2.75. The summed E-state index contributed by atoms with van der Waals surface area (Å²) in [5.74, 6) is 0.994. The fraction of sp³-hybridized carbons (Fsp3) is 0.211. The molecule has 2 aromatic carbocycles. The lowest BCUT2D eigenvalue weighted by Gasteiger charge is -2.05. The van der Waals surface area contributed by atoms with Crippen LogP contribution in [0.25, 0.3) is 11.0 Å². The molecule has 0 aliphatic carbocycles. The van der Waals surface area contributed by atoms with Crippen molar-refractivity contribution >= 4 is 16.9 Å². The van der Waals surface area contributed by atoms with E-state index in [1.807, 2.05) is 49.4 Å². The first-order valence-corrected chi connectivity index (χ1v) is 7.57. The molecule has 1 N–H and O–H groups in total.